The molecule has 5 atom stereocenters. The summed E-state index contributed by atoms with van der Waals surface area (Å²) in [5.41, 5.74) is 0. The van der Waals surface area contributed by atoms with Crippen LogP contribution in [-0.4, -0.2) is 96.7 Å². The van der Waals surface area contributed by atoms with E-state index in [-0.39, 0.29) is 25.7 Å². The van der Waals surface area contributed by atoms with E-state index in [0.29, 0.717) is 25.7 Å². The Morgan fingerprint density at radius 1 is 0.278 bits per heavy atom. The molecule has 0 spiro atoms. The number of hydrogen-bond acceptors (Lipinski definition) is 15. The maximum absolute atomic E-state index is 13.1. The minimum Gasteiger partial charge on any atom is -0.462 e. The number of phosphoric acid groups is 2. The zero-order chi connectivity index (χ0) is 71.2. The Bertz CT molecular complexity index is 1860. The van der Waals surface area contributed by atoms with Gasteiger partial charge in [-0.2, -0.15) is 0 Å². The first-order chi connectivity index (χ1) is 47.0. The van der Waals surface area contributed by atoms with E-state index in [9.17, 15) is 43.2 Å². The molecular formula is C78H152O17P2. The molecule has 0 radical (unpaired) electrons. The lowest BCUT2D eigenvalue weighted by Crippen LogP contribution is -2.30. The van der Waals surface area contributed by atoms with E-state index in [0.717, 1.165) is 102 Å². The van der Waals surface area contributed by atoms with E-state index in [4.69, 9.17) is 37.0 Å². The molecule has 19 heteroatoms. The molecule has 0 aliphatic carbocycles. The smallest absolute Gasteiger partial charge is 0.462 e. The van der Waals surface area contributed by atoms with Gasteiger partial charge in [0, 0.05) is 25.7 Å². The van der Waals surface area contributed by atoms with Crippen molar-refractivity contribution in [1.82, 2.24) is 0 Å². The van der Waals surface area contributed by atoms with Crippen LogP contribution in [0.15, 0.2) is 0 Å². The number of phosphoric ester groups is 2. The van der Waals surface area contributed by atoms with Gasteiger partial charge in [-0.25, -0.2) is 9.13 Å². The van der Waals surface area contributed by atoms with Crippen LogP contribution in [0.25, 0.3) is 0 Å². The quantitative estimate of drug-likeness (QED) is 0.0222. The third-order valence-electron chi connectivity index (χ3n) is 18.3. The lowest BCUT2D eigenvalue weighted by atomic mass is 10.0. The number of aliphatic hydroxyl groups excluding tert-OH is 1. The SMILES string of the molecule is CCCCCCCCCCCCCCCCCCCCC(=O)OC[C@H](COP(=O)(O)OC[C@@H](O)COP(=O)(O)OC[C@@H](COC(=O)CCCCCCCCCC)OC(=O)CCCCCCCCCCCCCC)OC(=O)CCCCCCCCCCCCCCCCCCC(C)C. The number of rotatable bonds is 78. The van der Waals surface area contributed by atoms with Crippen molar-refractivity contribution in [2.45, 2.75) is 432 Å². The van der Waals surface area contributed by atoms with E-state index < -0.39 is 97.5 Å². The molecule has 17 nitrogen and oxygen atoms in total. The zero-order valence-electron chi connectivity index (χ0n) is 63.2. The van der Waals surface area contributed by atoms with Gasteiger partial charge in [0.2, 0.25) is 0 Å². The summed E-state index contributed by atoms with van der Waals surface area (Å²) in [6, 6.07) is 0. The molecule has 0 saturated carbocycles. The maximum Gasteiger partial charge on any atom is 0.472 e. The predicted molar refractivity (Wildman–Crippen MR) is 395 cm³/mol. The minimum absolute atomic E-state index is 0.108. The average Bonchev–Trinajstić information content (AvgIpc) is 3.42. The number of carbonyl (C=O) groups excluding carboxylic acids is 4. The highest BCUT2D eigenvalue weighted by Gasteiger charge is 2.30. The fourth-order valence-corrected chi connectivity index (χ4v) is 13.6. The fraction of sp³-hybridized carbons (Fsp3) is 0.949. The average molecular weight is 1420 g/mol. The Morgan fingerprint density at radius 2 is 0.474 bits per heavy atom. The van der Waals surface area contributed by atoms with Crippen LogP contribution in [0, 0.1) is 5.92 Å². The zero-order valence-corrected chi connectivity index (χ0v) is 65.0. The van der Waals surface area contributed by atoms with Gasteiger partial charge in [0.15, 0.2) is 12.2 Å². The van der Waals surface area contributed by atoms with E-state index in [1.165, 1.54) is 231 Å². The molecular weight excluding hydrogens is 1270 g/mol. The van der Waals surface area contributed by atoms with Crippen LogP contribution in [0.2, 0.25) is 0 Å². The molecule has 0 aliphatic heterocycles. The molecule has 97 heavy (non-hydrogen) atoms. The summed E-state index contributed by atoms with van der Waals surface area (Å²) in [5.74, 6) is -1.30. The van der Waals surface area contributed by atoms with Crippen molar-refractivity contribution >= 4 is 39.5 Å². The Hall–Kier alpha value is -1.94. The first-order valence-electron chi connectivity index (χ1n) is 40.6. The van der Waals surface area contributed by atoms with Crippen LogP contribution in [0.5, 0.6) is 0 Å². The lowest BCUT2D eigenvalue weighted by Gasteiger charge is -2.21. The van der Waals surface area contributed by atoms with Gasteiger partial charge >= 0.3 is 39.5 Å². The van der Waals surface area contributed by atoms with Gasteiger partial charge in [-0.3, -0.25) is 37.3 Å². The summed E-state index contributed by atoms with van der Waals surface area (Å²) in [6.45, 7) is 7.31. The van der Waals surface area contributed by atoms with Gasteiger partial charge in [0.25, 0.3) is 0 Å². The normalized spacial score (nSPS) is 13.9. The number of hydrogen-bond donors (Lipinski definition) is 3. The summed E-state index contributed by atoms with van der Waals surface area (Å²) in [5, 5.41) is 10.6. The number of carbonyl (C=O) groups is 4. The number of aliphatic hydroxyl groups is 1. The molecule has 0 aromatic carbocycles. The second-order valence-electron chi connectivity index (χ2n) is 28.6. The number of ether oxygens (including phenoxy) is 4. The minimum atomic E-state index is -4.96. The van der Waals surface area contributed by atoms with Gasteiger partial charge in [-0.1, -0.05) is 362 Å². The third kappa shape index (κ3) is 72.2. The third-order valence-corrected chi connectivity index (χ3v) is 20.2. The van der Waals surface area contributed by atoms with Gasteiger partial charge in [-0.05, 0) is 31.6 Å². The van der Waals surface area contributed by atoms with Crippen LogP contribution in [0.4, 0.5) is 0 Å². The van der Waals surface area contributed by atoms with Crippen molar-refractivity contribution in [1.29, 1.82) is 0 Å². The van der Waals surface area contributed by atoms with Gasteiger partial charge < -0.3 is 33.8 Å². The molecule has 0 heterocycles. The molecule has 0 fully saturated rings. The summed E-state index contributed by atoms with van der Waals surface area (Å²) in [4.78, 5) is 72.8. The fourth-order valence-electron chi connectivity index (χ4n) is 12.1. The molecule has 0 rings (SSSR count). The molecule has 576 valence electrons. The predicted octanol–water partition coefficient (Wildman–Crippen LogP) is 23.3. The first kappa shape index (κ1) is 95.1. The molecule has 3 N–H and O–H groups in total. The van der Waals surface area contributed by atoms with E-state index in [1.54, 1.807) is 0 Å². The van der Waals surface area contributed by atoms with Crippen LogP contribution < -0.4 is 0 Å². The van der Waals surface area contributed by atoms with Crippen molar-refractivity contribution in [2.75, 3.05) is 39.6 Å². The standard InChI is InChI=1S/C78H152O17P2/c1-6-9-12-15-18-21-23-25-26-27-28-32-35-39-42-47-52-57-62-76(81)89-68-74(95-78(83)64-59-54-49-44-40-36-33-30-29-31-34-37-41-45-50-55-60-71(4)5)70-93-97(86,87)91-66-72(79)65-90-96(84,85)92-69-73(67-88-75(80)61-56-51-46-20-17-14-11-8-3)94-77(82)63-58-53-48-43-38-24-22-19-16-13-10-7-2/h71-74,79H,6-70H2,1-5H3,(H,84,85)(H,86,87)/t72-,73+,74+/m0/s1. The summed E-state index contributed by atoms with van der Waals surface area (Å²) < 4.78 is 68.5. The van der Waals surface area contributed by atoms with Crippen molar-refractivity contribution in [2.24, 2.45) is 5.92 Å². The molecule has 0 aliphatic rings. The lowest BCUT2D eigenvalue weighted by molar-refractivity contribution is -0.161. The Kier molecular flexibility index (Phi) is 69.6. The van der Waals surface area contributed by atoms with Crippen LogP contribution in [0.3, 0.4) is 0 Å². The van der Waals surface area contributed by atoms with Gasteiger partial charge in [0.05, 0.1) is 26.4 Å². The van der Waals surface area contributed by atoms with Crippen molar-refractivity contribution < 1.29 is 80.2 Å². The Morgan fingerprint density at radius 3 is 0.701 bits per heavy atom. The number of esters is 4. The molecule has 0 aromatic rings. The molecule has 0 saturated heterocycles. The Labute approximate surface area is 594 Å². The van der Waals surface area contributed by atoms with Crippen molar-refractivity contribution in [3.8, 4) is 0 Å². The molecule has 0 bridgehead atoms. The van der Waals surface area contributed by atoms with Gasteiger partial charge in [0.1, 0.15) is 19.3 Å². The van der Waals surface area contributed by atoms with E-state index >= 15 is 0 Å². The Balaban J connectivity index is 5.19. The second-order valence-corrected chi connectivity index (χ2v) is 31.5. The van der Waals surface area contributed by atoms with Crippen LogP contribution in [0.1, 0.15) is 413 Å². The maximum atomic E-state index is 13.1. The highest BCUT2D eigenvalue weighted by Crippen LogP contribution is 2.45. The molecule has 0 aromatic heterocycles. The number of unbranched alkanes of at least 4 members (excludes halogenated alkanes) is 50. The first-order valence-corrected chi connectivity index (χ1v) is 43.6. The summed E-state index contributed by atoms with van der Waals surface area (Å²) in [7, 11) is -9.91. The highest BCUT2D eigenvalue weighted by atomic mass is 31.2. The van der Waals surface area contributed by atoms with Gasteiger partial charge in [-0.15, -0.1) is 0 Å². The second kappa shape index (κ2) is 71.1. The van der Waals surface area contributed by atoms with Crippen molar-refractivity contribution in [3.63, 3.8) is 0 Å². The largest absolute Gasteiger partial charge is 0.472 e. The molecule has 2 unspecified atom stereocenters. The van der Waals surface area contributed by atoms with Crippen molar-refractivity contribution in [3.05, 3.63) is 0 Å². The van der Waals surface area contributed by atoms with Crippen LogP contribution >= 0.6 is 15.6 Å². The van der Waals surface area contributed by atoms with Crippen LogP contribution in [-0.2, 0) is 65.4 Å². The monoisotopic (exact) mass is 1420 g/mol. The summed E-state index contributed by atoms with van der Waals surface area (Å²) >= 11 is 0. The summed E-state index contributed by atoms with van der Waals surface area (Å²) in [6.07, 6.45) is 61.1. The highest BCUT2D eigenvalue weighted by molar-refractivity contribution is 7.47. The van der Waals surface area contributed by atoms with E-state index in [2.05, 4.69) is 34.6 Å². The van der Waals surface area contributed by atoms with E-state index in [1.807, 2.05) is 0 Å². The topological polar surface area (TPSA) is 237 Å². The molecule has 0 amide bonds.